The van der Waals surface area contributed by atoms with Gasteiger partial charge in [0.15, 0.2) is 11.9 Å². The van der Waals surface area contributed by atoms with Crippen molar-refractivity contribution >= 4 is 11.8 Å². The molecule has 0 bridgehead atoms. The maximum atomic E-state index is 10.9. The highest BCUT2D eigenvalue weighted by atomic mass is 16.5. The molecule has 11 heavy (non-hydrogen) atoms. The predicted octanol–water partition coefficient (Wildman–Crippen LogP) is 1.06. The van der Waals surface area contributed by atoms with Gasteiger partial charge in [-0.3, -0.25) is 9.59 Å². The molecule has 1 saturated carbocycles. The number of hydrogen-bond acceptors (Lipinski definition) is 3. The van der Waals surface area contributed by atoms with Crippen molar-refractivity contribution < 1.29 is 14.3 Å². The molecule has 0 radical (unpaired) electrons. The summed E-state index contributed by atoms with van der Waals surface area (Å²) < 4.78 is 4.88. The first-order valence-electron chi connectivity index (χ1n) is 3.96. The van der Waals surface area contributed by atoms with Crippen LogP contribution in [0.15, 0.2) is 0 Å². The zero-order valence-electron chi connectivity index (χ0n) is 6.63. The summed E-state index contributed by atoms with van der Waals surface area (Å²) in [5, 5.41) is 0. The summed E-state index contributed by atoms with van der Waals surface area (Å²) >= 11 is 0. The van der Waals surface area contributed by atoms with E-state index in [-0.39, 0.29) is 11.8 Å². The highest BCUT2D eigenvalue weighted by Gasteiger charge is 2.27. The Morgan fingerprint density at radius 2 is 2.45 bits per heavy atom. The van der Waals surface area contributed by atoms with Crippen LogP contribution in [-0.4, -0.2) is 17.9 Å². The van der Waals surface area contributed by atoms with Gasteiger partial charge in [-0.05, 0) is 12.8 Å². The van der Waals surface area contributed by atoms with Crippen LogP contribution < -0.4 is 0 Å². The molecule has 1 rings (SSSR count). The van der Waals surface area contributed by atoms with Gasteiger partial charge < -0.3 is 4.74 Å². The monoisotopic (exact) mass is 156 g/mol. The molecule has 3 nitrogen and oxygen atoms in total. The molecule has 1 atom stereocenters. The Balaban J connectivity index is 2.36. The van der Waals surface area contributed by atoms with Gasteiger partial charge in [-0.25, -0.2) is 0 Å². The number of carbonyl (C=O) groups excluding carboxylic acids is 2. The number of hydrogen-bond donors (Lipinski definition) is 0. The fraction of sp³-hybridized carbons (Fsp3) is 0.750. The van der Waals surface area contributed by atoms with Crippen LogP contribution in [-0.2, 0) is 14.3 Å². The molecule has 1 unspecified atom stereocenters. The maximum absolute atomic E-state index is 10.9. The van der Waals surface area contributed by atoms with E-state index in [4.69, 9.17) is 4.74 Å². The second kappa shape index (κ2) is 3.51. The average molecular weight is 156 g/mol. The van der Waals surface area contributed by atoms with Crippen LogP contribution in [0, 0.1) is 0 Å². The summed E-state index contributed by atoms with van der Waals surface area (Å²) in [7, 11) is 0. The minimum Gasteiger partial charge on any atom is -0.454 e. The van der Waals surface area contributed by atoms with Gasteiger partial charge in [0, 0.05) is 12.8 Å². The Bertz CT molecular complexity index is 174. The molecule has 1 fully saturated rings. The summed E-state index contributed by atoms with van der Waals surface area (Å²) in [6.07, 6.45) is 2.07. The predicted molar refractivity (Wildman–Crippen MR) is 39.0 cm³/mol. The lowest BCUT2D eigenvalue weighted by molar-refractivity contribution is -0.153. The van der Waals surface area contributed by atoms with Crippen molar-refractivity contribution in [3.8, 4) is 0 Å². The molecular formula is C8H12O3. The zero-order valence-corrected chi connectivity index (χ0v) is 6.63. The molecule has 0 N–H and O–H groups in total. The SMILES string of the molecule is CCC(=O)OC1CCCC1=O. The topological polar surface area (TPSA) is 43.4 Å². The second-order valence-corrected chi connectivity index (χ2v) is 2.69. The Morgan fingerprint density at radius 1 is 1.73 bits per heavy atom. The third-order valence-corrected chi connectivity index (χ3v) is 1.81. The third-order valence-electron chi connectivity index (χ3n) is 1.81. The largest absolute Gasteiger partial charge is 0.454 e. The third kappa shape index (κ3) is 2.03. The van der Waals surface area contributed by atoms with Gasteiger partial charge in [-0.2, -0.15) is 0 Å². The lowest BCUT2D eigenvalue weighted by Gasteiger charge is -2.07. The molecule has 0 aromatic rings. The van der Waals surface area contributed by atoms with E-state index in [0.29, 0.717) is 19.3 Å². The first-order chi connectivity index (χ1) is 5.24. The summed E-state index contributed by atoms with van der Waals surface area (Å²) in [5.41, 5.74) is 0. The molecule has 3 heteroatoms. The molecule has 0 aromatic heterocycles. The number of ether oxygens (including phenoxy) is 1. The van der Waals surface area contributed by atoms with Crippen molar-refractivity contribution in [1.82, 2.24) is 0 Å². The second-order valence-electron chi connectivity index (χ2n) is 2.69. The van der Waals surface area contributed by atoms with Gasteiger partial charge in [0.1, 0.15) is 0 Å². The number of rotatable bonds is 2. The van der Waals surface area contributed by atoms with Crippen LogP contribution >= 0.6 is 0 Å². The Kier molecular flexibility index (Phi) is 2.63. The minimum absolute atomic E-state index is 0.0757. The number of ketones is 1. The van der Waals surface area contributed by atoms with Gasteiger partial charge in [0.2, 0.25) is 0 Å². The smallest absolute Gasteiger partial charge is 0.306 e. The number of carbonyl (C=O) groups is 2. The molecule has 0 amide bonds. The maximum Gasteiger partial charge on any atom is 0.306 e. The summed E-state index contributed by atoms with van der Waals surface area (Å²) in [6, 6.07) is 0. The van der Waals surface area contributed by atoms with E-state index in [9.17, 15) is 9.59 Å². The molecule has 0 spiro atoms. The van der Waals surface area contributed by atoms with Crippen LogP contribution in [0.5, 0.6) is 0 Å². The fourth-order valence-electron chi connectivity index (χ4n) is 1.15. The van der Waals surface area contributed by atoms with E-state index in [0.717, 1.165) is 6.42 Å². The quantitative estimate of drug-likeness (QED) is 0.561. The van der Waals surface area contributed by atoms with Crippen LogP contribution in [0.4, 0.5) is 0 Å². The first-order valence-corrected chi connectivity index (χ1v) is 3.96. The van der Waals surface area contributed by atoms with Crippen LogP contribution in [0.3, 0.4) is 0 Å². The highest BCUT2D eigenvalue weighted by molar-refractivity contribution is 5.87. The van der Waals surface area contributed by atoms with Gasteiger partial charge in [0.25, 0.3) is 0 Å². The van der Waals surface area contributed by atoms with E-state index >= 15 is 0 Å². The van der Waals surface area contributed by atoms with Crippen LogP contribution in [0.2, 0.25) is 0 Å². The molecule has 0 aliphatic heterocycles. The summed E-state index contributed by atoms with van der Waals surface area (Å²) in [4.78, 5) is 21.7. The molecule has 62 valence electrons. The van der Waals surface area contributed by atoms with Crippen LogP contribution in [0.1, 0.15) is 32.6 Å². The van der Waals surface area contributed by atoms with E-state index in [2.05, 4.69) is 0 Å². The summed E-state index contributed by atoms with van der Waals surface area (Å²) in [5.74, 6) is -0.197. The van der Waals surface area contributed by atoms with Crippen molar-refractivity contribution in [2.45, 2.75) is 38.7 Å². The lowest BCUT2D eigenvalue weighted by atomic mass is 10.3. The normalized spacial score (nSPS) is 23.7. The van der Waals surface area contributed by atoms with Gasteiger partial charge in [0.05, 0.1) is 0 Å². The van der Waals surface area contributed by atoms with Gasteiger partial charge in [-0.1, -0.05) is 6.92 Å². The van der Waals surface area contributed by atoms with Crippen molar-refractivity contribution in [3.05, 3.63) is 0 Å². The molecular weight excluding hydrogens is 144 g/mol. The molecule has 0 heterocycles. The molecule has 0 aromatic carbocycles. The van der Waals surface area contributed by atoms with E-state index in [1.807, 2.05) is 0 Å². The summed E-state index contributed by atoms with van der Waals surface area (Å²) in [6.45, 7) is 1.72. The number of esters is 1. The fourth-order valence-corrected chi connectivity index (χ4v) is 1.15. The Hall–Kier alpha value is -0.860. The minimum atomic E-state index is -0.428. The average Bonchev–Trinajstić information content (AvgIpc) is 2.37. The van der Waals surface area contributed by atoms with E-state index < -0.39 is 6.10 Å². The first kappa shape index (κ1) is 8.24. The number of Topliss-reactive ketones (excluding diaryl/α,β-unsaturated/α-hetero) is 1. The Morgan fingerprint density at radius 3 is 2.91 bits per heavy atom. The molecule has 1 aliphatic carbocycles. The van der Waals surface area contributed by atoms with Crippen molar-refractivity contribution in [3.63, 3.8) is 0 Å². The van der Waals surface area contributed by atoms with Gasteiger partial charge in [-0.15, -0.1) is 0 Å². The lowest BCUT2D eigenvalue weighted by Crippen LogP contribution is -2.21. The standard InChI is InChI=1S/C8H12O3/c1-2-8(10)11-7-5-3-4-6(7)9/h7H,2-5H2,1H3. The Labute approximate surface area is 65.7 Å². The highest BCUT2D eigenvalue weighted by Crippen LogP contribution is 2.17. The zero-order chi connectivity index (χ0) is 8.27. The van der Waals surface area contributed by atoms with Crippen molar-refractivity contribution in [1.29, 1.82) is 0 Å². The molecule has 1 aliphatic rings. The van der Waals surface area contributed by atoms with Gasteiger partial charge >= 0.3 is 5.97 Å². The molecule has 0 saturated heterocycles. The van der Waals surface area contributed by atoms with Crippen molar-refractivity contribution in [2.75, 3.05) is 0 Å². The van der Waals surface area contributed by atoms with Crippen molar-refractivity contribution in [2.24, 2.45) is 0 Å². The van der Waals surface area contributed by atoms with Crippen LogP contribution in [0.25, 0.3) is 0 Å². The van der Waals surface area contributed by atoms with E-state index in [1.54, 1.807) is 6.92 Å². The van der Waals surface area contributed by atoms with E-state index in [1.165, 1.54) is 0 Å².